The lowest BCUT2D eigenvalue weighted by molar-refractivity contribution is -0.106. The fraction of sp³-hybridized carbons (Fsp3) is 0.158. The molecule has 0 fully saturated rings. The van der Waals surface area contributed by atoms with E-state index < -0.39 is 10.0 Å². The number of halogens is 1. The van der Waals surface area contributed by atoms with E-state index in [-0.39, 0.29) is 6.54 Å². The molecule has 0 aliphatic rings. The summed E-state index contributed by atoms with van der Waals surface area (Å²) in [7, 11) is -1.81. The second kappa shape index (κ2) is 8.04. The molecule has 0 bridgehead atoms. The number of rotatable bonds is 7. The SMILES string of the molecule is Cn1nccc1N(C=O)c1ccc(N(Cc2ccccc2Cl)S(C)(=O)=O)cc1. The summed E-state index contributed by atoms with van der Waals surface area (Å²) in [6.45, 7) is 0.108. The summed E-state index contributed by atoms with van der Waals surface area (Å²) in [6.07, 6.45) is 3.42. The number of nitrogens with zero attached hydrogens (tertiary/aromatic N) is 4. The Morgan fingerprint density at radius 2 is 1.71 bits per heavy atom. The van der Waals surface area contributed by atoms with Gasteiger partial charge in [-0.3, -0.25) is 18.7 Å². The zero-order valence-electron chi connectivity index (χ0n) is 15.4. The van der Waals surface area contributed by atoms with Crippen LogP contribution < -0.4 is 9.21 Å². The van der Waals surface area contributed by atoms with E-state index >= 15 is 0 Å². The van der Waals surface area contributed by atoms with Gasteiger partial charge in [-0.2, -0.15) is 5.10 Å². The third-order valence-electron chi connectivity index (χ3n) is 4.24. The molecule has 0 N–H and O–H groups in total. The van der Waals surface area contributed by atoms with Crippen molar-refractivity contribution in [3.8, 4) is 0 Å². The first-order valence-electron chi connectivity index (χ1n) is 8.35. The molecule has 0 spiro atoms. The molecule has 3 aromatic rings. The van der Waals surface area contributed by atoms with Crippen molar-refractivity contribution in [2.75, 3.05) is 15.5 Å². The van der Waals surface area contributed by atoms with Gasteiger partial charge in [0.2, 0.25) is 16.4 Å². The number of hydrogen-bond acceptors (Lipinski definition) is 4. The molecule has 2 aromatic carbocycles. The molecule has 9 heteroatoms. The van der Waals surface area contributed by atoms with Crippen LogP contribution in [-0.4, -0.2) is 30.9 Å². The van der Waals surface area contributed by atoms with Crippen molar-refractivity contribution >= 4 is 45.2 Å². The molecule has 146 valence electrons. The van der Waals surface area contributed by atoms with Crippen LogP contribution >= 0.6 is 11.6 Å². The van der Waals surface area contributed by atoms with Gasteiger partial charge < -0.3 is 0 Å². The first kappa shape index (κ1) is 19.9. The fourth-order valence-electron chi connectivity index (χ4n) is 2.81. The Bertz CT molecular complexity index is 1080. The molecule has 28 heavy (non-hydrogen) atoms. The summed E-state index contributed by atoms with van der Waals surface area (Å²) in [5, 5.41) is 4.56. The van der Waals surface area contributed by atoms with Gasteiger partial charge in [0.1, 0.15) is 5.82 Å². The Kier molecular flexibility index (Phi) is 5.71. The van der Waals surface area contributed by atoms with Crippen LogP contribution in [-0.2, 0) is 28.4 Å². The van der Waals surface area contributed by atoms with Crippen LogP contribution in [0.4, 0.5) is 17.2 Å². The molecule has 0 aliphatic carbocycles. The smallest absolute Gasteiger partial charge is 0.232 e. The lowest BCUT2D eigenvalue weighted by atomic mass is 10.2. The normalized spacial score (nSPS) is 11.2. The average molecular weight is 419 g/mol. The van der Waals surface area contributed by atoms with Crippen molar-refractivity contribution in [2.24, 2.45) is 7.05 Å². The number of carbonyl (C=O) groups is 1. The van der Waals surface area contributed by atoms with Crippen molar-refractivity contribution < 1.29 is 13.2 Å². The predicted molar refractivity (Wildman–Crippen MR) is 110 cm³/mol. The van der Waals surface area contributed by atoms with Crippen LogP contribution in [0.3, 0.4) is 0 Å². The summed E-state index contributed by atoms with van der Waals surface area (Å²) < 4.78 is 27.6. The van der Waals surface area contributed by atoms with Gasteiger partial charge in [-0.05, 0) is 35.9 Å². The van der Waals surface area contributed by atoms with Crippen LogP contribution in [0, 0.1) is 0 Å². The topological polar surface area (TPSA) is 75.5 Å². The number of benzene rings is 2. The maximum absolute atomic E-state index is 12.4. The van der Waals surface area contributed by atoms with E-state index in [0.29, 0.717) is 34.2 Å². The molecule has 0 radical (unpaired) electrons. The Balaban J connectivity index is 1.94. The first-order valence-corrected chi connectivity index (χ1v) is 10.6. The third-order valence-corrected chi connectivity index (χ3v) is 5.74. The molecule has 0 saturated carbocycles. The van der Waals surface area contributed by atoms with Crippen molar-refractivity contribution in [3.63, 3.8) is 0 Å². The zero-order chi connectivity index (χ0) is 20.3. The molecule has 1 heterocycles. The lowest BCUT2D eigenvalue weighted by Crippen LogP contribution is -2.29. The number of anilines is 3. The largest absolute Gasteiger partial charge is 0.278 e. The Labute approximate surface area is 168 Å². The van der Waals surface area contributed by atoms with Gasteiger partial charge in [0.25, 0.3) is 0 Å². The Morgan fingerprint density at radius 1 is 1.07 bits per heavy atom. The number of hydrogen-bond donors (Lipinski definition) is 0. The molecule has 0 unspecified atom stereocenters. The van der Waals surface area contributed by atoms with Gasteiger partial charge in [0, 0.05) is 18.1 Å². The van der Waals surface area contributed by atoms with Crippen molar-refractivity contribution in [1.29, 1.82) is 0 Å². The molecule has 3 rings (SSSR count). The van der Waals surface area contributed by atoms with E-state index in [4.69, 9.17) is 11.6 Å². The minimum atomic E-state index is -3.54. The number of aryl methyl sites for hydroxylation is 1. The summed E-state index contributed by atoms with van der Waals surface area (Å²) in [5.74, 6) is 0.596. The number of sulfonamides is 1. The van der Waals surface area contributed by atoms with Gasteiger partial charge in [-0.25, -0.2) is 8.42 Å². The van der Waals surface area contributed by atoms with Crippen LogP contribution in [0.5, 0.6) is 0 Å². The monoisotopic (exact) mass is 418 g/mol. The number of aromatic nitrogens is 2. The van der Waals surface area contributed by atoms with Crippen LogP contribution in [0.1, 0.15) is 5.56 Å². The van der Waals surface area contributed by atoms with E-state index in [9.17, 15) is 13.2 Å². The molecule has 0 aliphatic heterocycles. The van der Waals surface area contributed by atoms with Crippen LogP contribution in [0.2, 0.25) is 5.02 Å². The van der Waals surface area contributed by atoms with Crippen molar-refractivity contribution in [3.05, 3.63) is 71.4 Å². The maximum Gasteiger partial charge on any atom is 0.232 e. The Hall–Kier alpha value is -2.84. The van der Waals surface area contributed by atoms with Crippen molar-refractivity contribution in [2.45, 2.75) is 6.54 Å². The minimum Gasteiger partial charge on any atom is -0.278 e. The highest BCUT2D eigenvalue weighted by Gasteiger charge is 2.20. The molecule has 0 atom stereocenters. The maximum atomic E-state index is 12.4. The highest BCUT2D eigenvalue weighted by atomic mass is 35.5. The minimum absolute atomic E-state index is 0.108. The second-order valence-electron chi connectivity index (χ2n) is 6.17. The standard InChI is InChI=1S/C19H19ClN4O3S/c1-22-19(11-12-21-22)23(14-25)16-7-9-17(10-8-16)24(28(2,26)27)13-15-5-3-4-6-18(15)20/h3-12,14H,13H2,1-2H3. The van der Waals surface area contributed by atoms with E-state index in [1.165, 1.54) is 9.21 Å². The van der Waals surface area contributed by atoms with Crippen LogP contribution in [0.25, 0.3) is 0 Å². The summed E-state index contributed by atoms with van der Waals surface area (Å²) in [6, 6.07) is 15.5. The van der Waals surface area contributed by atoms with E-state index in [1.54, 1.807) is 72.5 Å². The summed E-state index contributed by atoms with van der Waals surface area (Å²) in [4.78, 5) is 13.0. The number of amides is 1. The first-order chi connectivity index (χ1) is 13.3. The zero-order valence-corrected chi connectivity index (χ0v) is 16.9. The quantitative estimate of drug-likeness (QED) is 0.551. The predicted octanol–water partition coefficient (Wildman–Crippen LogP) is 3.33. The summed E-state index contributed by atoms with van der Waals surface area (Å²) >= 11 is 6.19. The van der Waals surface area contributed by atoms with Gasteiger partial charge in [-0.1, -0.05) is 29.8 Å². The molecular weight excluding hydrogens is 400 g/mol. The lowest BCUT2D eigenvalue weighted by Gasteiger charge is -2.24. The number of carbonyl (C=O) groups excluding carboxylic acids is 1. The van der Waals surface area contributed by atoms with Gasteiger partial charge >= 0.3 is 0 Å². The summed E-state index contributed by atoms with van der Waals surface area (Å²) in [5.41, 5.74) is 1.76. The molecule has 7 nitrogen and oxygen atoms in total. The fourth-order valence-corrected chi connectivity index (χ4v) is 3.88. The molecule has 0 saturated heterocycles. The second-order valence-corrected chi connectivity index (χ2v) is 8.48. The van der Waals surface area contributed by atoms with Gasteiger partial charge in [0.15, 0.2) is 0 Å². The molecular formula is C19H19ClN4O3S. The highest BCUT2D eigenvalue weighted by Crippen LogP contribution is 2.28. The van der Waals surface area contributed by atoms with E-state index in [2.05, 4.69) is 5.10 Å². The molecule has 1 amide bonds. The third kappa shape index (κ3) is 4.18. The van der Waals surface area contributed by atoms with Gasteiger partial charge in [0.05, 0.1) is 30.4 Å². The van der Waals surface area contributed by atoms with E-state index in [0.717, 1.165) is 6.26 Å². The van der Waals surface area contributed by atoms with Crippen molar-refractivity contribution in [1.82, 2.24) is 9.78 Å². The van der Waals surface area contributed by atoms with Crippen LogP contribution in [0.15, 0.2) is 60.8 Å². The van der Waals surface area contributed by atoms with Gasteiger partial charge in [-0.15, -0.1) is 0 Å². The Morgan fingerprint density at radius 3 is 2.25 bits per heavy atom. The van der Waals surface area contributed by atoms with E-state index in [1.807, 2.05) is 0 Å². The average Bonchev–Trinajstić information content (AvgIpc) is 3.07. The highest BCUT2D eigenvalue weighted by molar-refractivity contribution is 7.92. The molecule has 1 aromatic heterocycles.